The first-order valence-corrected chi connectivity index (χ1v) is 11.4. The molecule has 0 fully saturated rings. The van der Waals surface area contributed by atoms with Crippen molar-refractivity contribution in [3.05, 3.63) is 18.6 Å². The lowest BCUT2D eigenvalue weighted by Crippen LogP contribution is -2.36. The lowest BCUT2D eigenvalue weighted by atomic mass is 9.85. The molecule has 0 rings (SSSR count). The Balaban J connectivity index is -0.000000383. The fraction of sp³-hybridized carbons (Fsp3) is 0.696. The van der Waals surface area contributed by atoms with Crippen LogP contribution in [-0.4, -0.2) is 36.6 Å². The molecule has 0 aromatic heterocycles. The van der Waals surface area contributed by atoms with Crippen molar-refractivity contribution in [2.45, 2.75) is 85.9 Å². The minimum Gasteiger partial charge on any atom is -0.390 e. The molecule has 0 bridgehead atoms. The molecule has 6 heteroatoms. The molecule has 0 aliphatic heterocycles. The highest BCUT2D eigenvalue weighted by Crippen LogP contribution is 2.24. The Morgan fingerprint density at radius 2 is 1.45 bits per heavy atom. The number of hydrogen-bond acceptors (Lipinski definition) is 4. The summed E-state index contributed by atoms with van der Waals surface area (Å²) in [6.45, 7) is 17.1. The fourth-order valence-corrected chi connectivity index (χ4v) is 1.67. The van der Waals surface area contributed by atoms with Crippen molar-refractivity contribution in [3.63, 3.8) is 0 Å². The number of rotatable bonds is 8. The van der Waals surface area contributed by atoms with E-state index in [4.69, 9.17) is 12.8 Å². The summed E-state index contributed by atoms with van der Waals surface area (Å²) in [6, 6.07) is 0. The lowest BCUT2D eigenvalue weighted by molar-refractivity contribution is -0.0542. The van der Waals surface area contributed by atoms with E-state index in [9.17, 15) is 18.6 Å². The number of aliphatic hydroxyl groups is 2. The van der Waals surface area contributed by atoms with Crippen molar-refractivity contribution in [2.24, 2.45) is 16.0 Å². The van der Waals surface area contributed by atoms with Crippen LogP contribution in [0, 0.1) is 41.9 Å². The van der Waals surface area contributed by atoms with Gasteiger partial charge in [0, 0.05) is 30.3 Å². The Morgan fingerprint density at radius 1 is 1.10 bits per heavy atom. The number of hydrogen-bond donors (Lipinski definition) is 3. The average molecular weight is 429 g/mol. The van der Waals surface area contributed by atoms with E-state index in [0.29, 0.717) is 12.8 Å². The Kier molecular flexibility index (Phi) is 15.3. The number of sulfonamides is 1. The third kappa shape index (κ3) is 28.9. The first-order chi connectivity index (χ1) is 12.7. The molecule has 168 valence electrons. The highest BCUT2D eigenvalue weighted by molar-refractivity contribution is 7.88. The van der Waals surface area contributed by atoms with E-state index in [0.717, 1.165) is 24.7 Å². The number of aliphatic hydroxyl groups excluding tert-OH is 1. The summed E-state index contributed by atoms with van der Waals surface area (Å²) in [6.07, 6.45) is 16.3. The molecule has 0 aromatic rings. The Bertz CT molecular complexity index is 648. The smallest absolute Gasteiger partial charge is 0.206 e. The second kappa shape index (κ2) is 13.7. The minimum absolute atomic E-state index is 0.0337. The molecule has 29 heavy (non-hydrogen) atoms. The standard InChI is InChI=1S/C11H20O2.C11H17.CH5NO2S/c1-6-10(2,3)8-7-9(12)11(4,5)13;1-6-11(4,5)9-7-8-10(2)3;1-5(2,3)4/h1,9,12-13H,7-8H2,2-5H3;1,8H,2,7,9H2,3-5H3;1H3,(H2,2,3,4)/q;+1;. The van der Waals surface area contributed by atoms with Gasteiger partial charge in [0.1, 0.15) is 0 Å². The number of primary sulfonamides is 1. The van der Waals surface area contributed by atoms with Crippen molar-refractivity contribution >= 4 is 10.0 Å². The van der Waals surface area contributed by atoms with Crippen molar-refractivity contribution in [1.82, 2.24) is 0 Å². The summed E-state index contributed by atoms with van der Waals surface area (Å²) in [4.78, 5) is 0. The lowest BCUT2D eigenvalue weighted by Gasteiger charge is -2.27. The molecule has 0 saturated carbocycles. The van der Waals surface area contributed by atoms with Gasteiger partial charge in [-0.05, 0) is 67.7 Å². The second-order valence-electron chi connectivity index (χ2n) is 9.18. The maximum atomic E-state index is 9.53. The first-order valence-electron chi connectivity index (χ1n) is 9.49. The molecule has 0 spiro atoms. The zero-order chi connectivity index (χ0) is 24.1. The molecule has 0 aliphatic carbocycles. The largest absolute Gasteiger partial charge is 0.390 e. The summed E-state index contributed by atoms with van der Waals surface area (Å²) in [5, 5.41) is 23.3. The van der Waals surface area contributed by atoms with Gasteiger partial charge < -0.3 is 10.2 Å². The Hall–Kier alpha value is -1.44. The zero-order valence-electron chi connectivity index (χ0n) is 19.5. The van der Waals surface area contributed by atoms with Gasteiger partial charge in [0.25, 0.3) is 0 Å². The van der Waals surface area contributed by atoms with Crippen molar-refractivity contribution in [2.75, 3.05) is 6.26 Å². The van der Waals surface area contributed by atoms with Crippen LogP contribution in [-0.2, 0) is 10.0 Å². The van der Waals surface area contributed by atoms with Gasteiger partial charge in [-0.3, -0.25) is 0 Å². The zero-order valence-corrected chi connectivity index (χ0v) is 20.4. The predicted octanol–water partition coefficient (Wildman–Crippen LogP) is 3.67. The maximum Gasteiger partial charge on any atom is 0.206 e. The predicted molar refractivity (Wildman–Crippen MR) is 124 cm³/mol. The highest BCUT2D eigenvalue weighted by atomic mass is 32.2. The molecule has 1 unspecified atom stereocenters. The van der Waals surface area contributed by atoms with Crippen molar-refractivity contribution in [3.8, 4) is 24.7 Å². The van der Waals surface area contributed by atoms with Crippen LogP contribution in [0.5, 0.6) is 0 Å². The topological polar surface area (TPSA) is 101 Å². The quantitative estimate of drug-likeness (QED) is 0.405. The van der Waals surface area contributed by atoms with Crippen LogP contribution in [0.25, 0.3) is 0 Å². The van der Waals surface area contributed by atoms with E-state index in [1.54, 1.807) is 13.8 Å². The number of terminal acetylenes is 2. The molecule has 0 aliphatic rings. The van der Waals surface area contributed by atoms with Crippen molar-refractivity contribution < 1.29 is 18.6 Å². The van der Waals surface area contributed by atoms with Gasteiger partial charge in [-0.25, -0.2) is 13.6 Å². The highest BCUT2D eigenvalue weighted by Gasteiger charge is 2.26. The molecular formula is C23H42NO4S+. The summed E-state index contributed by atoms with van der Waals surface area (Å²) in [7, 11) is -3.17. The fourth-order valence-electron chi connectivity index (χ4n) is 1.67. The van der Waals surface area contributed by atoms with E-state index in [2.05, 4.69) is 43.8 Å². The first kappa shape index (κ1) is 32.2. The van der Waals surface area contributed by atoms with Gasteiger partial charge in [-0.15, -0.1) is 24.7 Å². The van der Waals surface area contributed by atoms with E-state index in [-0.39, 0.29) is 10.8 Å². The van der Waals surface area contributed by atoms with Gasteiger partial charge in [0.2, 0.25) is 10.0 Å². The molecule has 4 N–H and O–H groups in total. The van der Waals surface area contributed by atoms with Gasteiger partial charge in [0.05, 0.1) is 23.5 Å². The number of allylic oxidation sites excluding steroid dienone is 1. The van der Waals surface area contributed by atoms with Crippen molar-refractivity contribution in [1.29, 1.82) is 0 Å². The molecule has 0 radical (unpaired) electrons. The third-order valence-corrected chi connectivity index (χ3v) is 3.90. The molecule has 0 heterocycles. The third-order valence-electron chi connectivity index (χ3n) is 3.90. The van der Waals surface area contributed by atoms with E-state index < -0.39 is 21.7 Å². The summed E-state index contributed by atoms with van der Waals surface area (Å²) in [5.74, 6) is 5.42. The van der Waals surface area contributed by atoms with Crippen LogP contribution in [0.2, 0.25) is 0 Å². The molecule has 0 aromatic carbocycles. The van der Waals surface area contributed by atoms with Crippen LogP contribution in [0.15, 0.2) is 12.2 Å². The average Bonchev–Trinajstić information content (AvgIpc) is 2.50. The van der Waals surface area contributed by atoms with Gasteiger partial charge in [-0.2, -0.15) is 0 Å². The van der Waals surface area contributed by atoms with Gasteiger partial charge >= 0.3 is 0 Å². The number of nitrogens with two attached hydrogens (primary N) is 1. The van der Waals surface area contributed by atoms with Gasteiger partial charge in [0.15, 0.2) is 0 Å². The van der Waals surface area contributed by atoms with E-state index in [1.807, 2.05) is 20.8 Å². The molecule has 0 saturated heterocycles. The Morgan fingerprint density at radius 3 is 1.72 bits per heavy atom. The SMILES string of the molecule is C#CC(C)(C)CCC(O)C(C)(C)O.C#CC(C)(C)CC[CH+]C(=C)C.CS(N)(=O)=O. The Labute approximate surface area is 180 Å². The monoisotopic (exact) mass is 428 g/mol. The summed E-state index contributed by atoms with van der Waals surface area (Å²) in [5.41, 5.74) is -0.0825. The summed E-state index contributed by atoms with van der Waals surface area (Å²) >= 11 is 0. The van der Waals surface area contributed by atoms with Crippen LogP contribution < -0.4 is 5.14 Å². The van der Waals surface area contributed by atoms with Crippen LogP contribution in [0.1, 0.15) is 74.1 Å². The molecule has 5 nitrogen and oxygen atoms in total. The molecular weight excluding hydrogens is 386 g/mol. The van der Waals surface area contributed by atoms with Crippen LogP contribution in [0.3, 0.4) is 0 Å². The normalized spacial score (nSPS) is 12.7. The van der Waals surface area contributed by atoms with Crippen LogP contribution in [0.4, 0.5) is 0 Å². The van der Waals surface area contributed by atoms with E-state index >= 15 is 0 Å². The summed E-state index contributed by atoms with van der Waals surface area (Å²) < 4.78 is 18.8. The van der Waals surface area contributed by atoms with Crippen LogP contribution >= 0.6 is 0 Å². The molecule has 0 amide bonds. The van der Waals surface area contributed by atoms with E-state index in [1.165, 1.54) is 0 Å². The maximum absolute atomic E-state index is 9.53. The second-order valence-corrected chi connectivity index (χ2v) is 10.8. The molecule has 1 atom stereocenters. The van der Waals surface area contributed by atoms with Gasteiger partial charge in [-0.1, -0.05) is 0 Å². The minimum atomic E-state index is -3.17.